The van der Waals surface area contributed by atoms with Crippen molar-refractivity contribution >= 4 is 17.8 Å². The second-order valence-electron chi connectivity index (χ2n) is 4.78. The summed E-state index contributed by atoms with van der Waals surface area (Å²) >= 11 is 0. The van der Waals surface area contributed by atoms with Crippen LogP contribution >= 0.6 is 0 Å². The summed E-state index contributed by atoms with van der Waals surface area (Å²) in [6.07, 6.45) is 0.218. The first kappa shape index (κ1) is 12.7. The van der Waals surface area contributed by atoms with E-state index >= 15 is 0 Å². The Bertz CT molecular complexity index is 335. The van der Waals surface area contributed by atoms with E-state index in [2.05, 4.69) is 0 Å². The lowest BCUT2D eigenvalue weighted by molar-refractivity contribution is -0.150. The smallest absolute Gasteiger partial charge is 0.302 e. The van der Waals surface area contributed by atoms with Gasteiger partial charge in [-0.05, 0) is 6.92 Å². The van der Waals surface area contributed by atoms with Gasteiger partial charge in [0.25, 0.3) is 0 Å². The van der Waals surface area contributed by atoms with Gasteiger partial charge >= 0.3 is 5.97 Å². The van der Waals surface area contributed by atoms with E-state index in [-0.39, 0.29) is 24.8 Å². The van der Waals surface area contributed by atoms with Crippen LogP contribution in [0.2, 0.25) is 0 Å². The number of hydrogen-bond acceptors (Lipinski definition) is 4. The highest BCUT2D eigenvalue weighted by Crippen LogP contribution is 2.32. The van der Waals surface area contributed by atoms with Gasteiger partial charge in [0.2, 0.25) is 11.8 Å². The van der Waals surface area contributed by atoms with Crippen LogP contribution in [0, 0.1) is 5.41 Å². The predicted octanol–water partition coefficient (Wildman–Crippen LogP) is 0.723. The zero-order valence-electron chi connectivity index (χ0n) is 10.1. The van der Waals surface area contributed by atoms with E-state index < -0.39 is 17.4 Å². The number of hydrogen-bond donors (Lipinski definition) is 0. The SMILES string of the molecule is CC(=O)OC[C@H](C)N1C(=O)CC(C)(C)C1=O. The van der Waals surface area contributed by atoms with Crippen LogP contribution in [-0.2, 0) is 19.1 Å². The van der Waals surface area contributed by atoms with Gasteiger partial charge in [0.1, 0.15) is 6.61 Å². The first-order chi connectivity index (χ1) is 7.25. The van der Waals surface area contributed by atoms with E-state index in [0.29, 0.717) is 0 Å². The van der Waals surface area contributed by atoms with Crippen molar-refractivity contribution in [3.63, 3.8) is 0 Å². The Balaban J connectivity index is 2.70. The molecule has 0 N–H and O–H groups in total. The van der Waals surface area contributed by atoms with Crippen LogP contribution < -0.4 is 0 Å². The fraction of sp³-hybridized carbons (Fsp3) is 0.727. The lowest BCUT2D eigenvalue weighted by Crippen LogP contribution is -2.42. The molecule has 0 saturated carbocycles. The summed E-state index contributed by atoms with van der Waals surface area (Å²) in [7, 11) is 0. The summed E-state index contributed by atoms with van der Waals surface area (Å²) in [6.45, 7) is 6.53. The van der Waals surface area contributed by atoms with E-state index in [1.165, 1.54) is 11.8 Å². The van der Waals surface area contributed by atoms with Crippen molar-refractivity contribution in [3.8, 4) is 0 Å². The molecule has 0 unspecified atom stereocenters. The molecule has 5 nitrogen and oxygen atoms in total. The van der Waals surface area contributed by atoms with Gasteiger partial charge in [0.15, 0.2) is 0 Å². The molecule has 0 bridgehead atoms. The molecule has 1 heterocycles. The number of likely N-dealkylation sites (tertiary alicyclic amines) is 1. The fourth-order valence-corrected chi connectivity index (χ4v) is 1.74. The zero-order chi connectivity index (χ0) is 12.5. The highest BCUT2D eigenvalue weighted by Gasteiger charge is 2.46. The van der Waals surface area contributed by atoms with Crippen molar-refractivity contribution in [3.05, 3.63) is 0 Å². The molecule has 1 atom stereocenters. The van der Waals surface area contributed by atoms with E-state index in [1.807, 2.05) is 0 Å². The van der Waals surface area contributed by atoms with Crippen molar-refractivity contribution in [1.82, 2.24) is 4.90 Å². The minimum Gasteiger partial charge on any atom is -0.464 e. The quantitative estimate of drug-likeness (QED) is 0.526. The largest absolute Gasteiger partial charge is 0.464 e. The standard InChI is InChI=1S/C11H17NO4/c1-7(6-16-8(2)13)12-9(14)5-11(3,4)10(12)15/h7H,5-6H2,1-4H3/t7-/m0/s1. The average molecular weight is 227 g/mol. The molecule has 1 fully saturated rings. The first-order valence-corrected chi connectivity index (χ1v) is 5.25. The summed E-state index contributed by atoms with van der Waals surface area (Å²) in [5.74, 6) is -0.808. The summed E-state index contributed by atoms with van der Waals surface area (Å²) in [5.41, 5.74) is -0.637. The van der Waals surface area contributed by atoms with Gasteiger partial charge in [0, 0.05) is 13.3 Å². The van der Waals surface area contributed by atoms with E-state index in [0.717, 1.165) is 0 Å². The van der Waals surface area contributed by atoms with Crippen molar-refractivity contribution in [2.45, 2.75) is 40.2 Å². The summed E-state index contributed by atoms with van der Waals surface area (Å²) in [6, 6.07) is -0.398. The van der Waals surface area contributed by atoms with Crippen LogP contribution in [0.5, 0.6) is 0 Å². The molecular weight excluding hydrogens is 210 g/mol. The van der Waals surface area contributed by atoms with Crippen molar-refractivity contribution < 1.29 is 19.1 Å². The van der Waals surface area contributed by atoms with Crippen LogP contribution in [0.1, 0.15) is 34.1 Å². The third-order valence-corrected chi connectivity index (χ3v) is 2.63. The molecule has 2 amide bonds. The number of nitrogens with zero attached hydrogens (tertiary/aromatic N) is 1. The van der Waals surface area contributed by atoms with Gasteiger partial charge in [-0.25, -0.2) is 0 Å². The number of esters is 1. The van der Waals surface area contributed by atoms with Crippen LogP contribution in [0.25, 0.3) is 0 Å². The molecule has 1 aliphatic heterocycles. The number of imide groups is 1. The number of ether oxygens (including phenoxy) is 1. The molecule has 0 aromatic rings. The molecule has 90 valence electrons. The normalized spacial score (nSPS) is 21.1. The lowest BCUT2D eigenvalue weighted by atomic mass is 9.92. The molecule has 0 aromatic heterocycles. The Morgan fingerprint density at radius 1 is 1.50 bits per heavy atom. The van der Waals surface area contributed by atoms with Crippen molar-refractivity contribution in [2.75, 3.05) is 6.61 Å². The second kappa shape index (κ2) is 4.23. The summed E-state index contributed by atoms with van der Waals surface area (Å²) in [5, 5.41) is 0. The number of carbonyl (C=O) groups excluding carboxylic acids is 3. The number of carbonyl (C=O) groups is 3. The van der Waals surface area contributed by atoms with Crippen molar-refractivity contribution in [2.24, 2.45) is 5.41 Å². The van der Waals surface area contributed by atoms with E-state index in [9.17, 15) is 14.4 Å². The first-order valence-electron chi connectivity index (χ1n) is 5.25. The van der Waals surface area contributed by atoms with Gasteiger partial charge in [-0.2, -0.15) is 0 Å². The molecule has 0 aromatic carbocycles. The molecule has 1 saturated heterocycles. The van der Waals surface area contributed by atoms with Gasteiger partial charge < -0.3 is 4.74 Å². The molecule has 0 spiro atoms. The highest BCUT2D eigenvalue weighted by molar-refractivity contribution is 6.05. The molecule has 1 rings (SSSR count). The summed E-state index contributed by atoms with van der Waals surface area (Å²) < 4.78 is 4.80. The van der Waals surface area contributed by atoms with E-state index in [4.69, 9.17) is 4.74 Å². The maximum absolute atomic E-state index is 11.9. The van der Waals surface area contributed by atoms with Crippen LogP contribution in [-0.4, -0.2) is 35.3 Å². The fourth-order valence-electron chi connectivity index (χ4n) is 1.74. The molecule has 0 radical (unpaired) electrons. The van der Waals surface area contributed by atoms with Crippen molar-refractivity contribution in [1.29, 1.82) is 0 Å². The van der Waals surface area contributed by atoms with Crippen LogP contribution in [0.15, 0.2) is 0 Å². The zero-order valence-corrected chi connectivity index (χ0v) is 10.1. The molecule has 16 heavy (non-hydrogen) atoms. The molecule has 5 heteroatoms. The molecule has 1 aliphatic rings. The van der Waals surface area contributed by atoms with Gasteiger partial charge in [-0.1, -0.05) is 13.8 Å². The highest BCUT2D eigenvalue weighted by atomic mass is 16.5. The van der Waals surface area contributed by atoms with Crippen LogP contribution in [0.4, 0.5) is 0 Å². The lowest BCUT2D eigenvalue weighted by Gasteiger charge is -2.23. The maximum atomic E-state index is 11.9. The third-order valence-electron chi connectivity index (χ3n) is 2.63. The average Bonchev–Trinajstić information content (AvgIpc) is 2.32. The third kappa shape index (κ3) is 2.40. The van der Waals surface area contributed by atoms with Gasteiger partial charge in [-0.15, -0.1) is 0 Å². The van der Waals surface area contributed by atoms with E-state index in [1.54, 1.807) is 20.8 Å². The van der Waals surface area contributed by atoms with Gasteiger partial charge in [-0.3, -0.25) is 19.3 Å². The van der Waals surface area contributed by atoms with Crippen LogP contribution in [0.3, 0.4) is 0 Å². The molecular formula is C11H17NO4. The Morgan fingerprint density at radius 3 is 2.44 bits per heavy atom. The predicted molar refractivity (Wildman–Crippen MR) is 56.3 cm³/mol. The maximum Gasteiger partial charge on any atom is 0.302 e. The Hall–Kier alpha value is -1.39. The minimum absolute atomic E-state index is 0.0584. The topological polar surface area (TPSA) is 63.7 Å². The summed E-state index contributed by atoms with van der Waals surface area (Å²) in [4.78, 5) is 35.4. The Kier molecular flexibility index (Phi) is 3.35. The number of amides is 2. The monoisotopic (exact) mass is 227 g/mol. The van der Waals surface area contributed by atoms with Gasteiger partial charge in [0.05, 0.1) is 11.5 Å². The number of rotatable bonds is 3. The Labute approximate surface area is 94.7 Å². The minimum atomic E-state index is -0.637. The molecule has 0 aliphatic carbocycles. The second-order valence-corrected chi connectivity index (χ2v) is 4.78. The Morgan fingerprint density at radius 2 is 2.06 bits per heavy atom.